The van der Waals surface area contributed by atoms with E-state index >= 15 is 0 Å². The molecule has 2 aliphatic rings. The van der Waals surface area contributed by atoms with Crippen LogP contribution in [-0.4, -0.2) is 49.2 Å². The second kappa shape index (κ2) is 6.08. The Morgan fingerprint density at radius 3 is 2.59 bits per heavy atom. The first-order valence-corrected chi connectivity index (χ1v) is 7.67. The van der Waals surface area contributed by atoms with E-state index in [1.54, 1.807) is 24.3 Å². The Balaban J connectivity index is 1.79. The minimum atomic E-state index is -0.408. The summed E-state index contributed by atoms with van der Waals surface area (Å²) < 4.78 is 10.6. The molecular formula is C17H21NO4. The van der Waals surface area contributed by atoms with Crippen molar-refractivity contribution in [3.05, 3.63) is 35.9 Å². The fourth-order valence-corrected chi connectivity index (χ4v) is 3.77. The maximum Gasteiger partial charge on any atom is 0.338 e. The highest BCUT2D eigenvalue weighted by molar-refractivity contribution is 5.89. The quantitative estimate of drug-likeness (QED) is 0.798. The van der Waals surface area contributed by atoms with Crippen molar-refractivity contribution >= 4 is 11.9 Å². The Hall–Kier alpha value is -1.88. The molecule has 0 amide bonds. The molecule has 1 unspecified atom stereocenters. The largest absolute Gasteiger partial charge is 0.469 e. The summed E-state index contributed by atoms with van der Waals surface area (Å²) in [5.74, 6) is -1.06. The highest BCUT2D eigenvalue weighted by Gasteiger charge is 2.50. The van der Waals surface area contributed by atoms with Gasteiger partial charge in [-0.1, -0.05) is 18.2 Å². The molecule has 2 fully saturated rings. The smallest absolute Gasteiger partial charge is 0.338 e. The van der Waals surface area contributed by atoms with Crippen molar-refractivity contribution in [3.63, 3.8) is 0 Å². The van der Waals surface area contributed by atoms with Gasteiger partial charge in [0, 0.05) is 18.5 Å². The van der Waals surface area contributed by atoms with E-state index in [1.165, 1.54) is 7.11 Å². The lowest BCUT2D eigenvalue weighted by Gasteiger charge is -2.40. The minimum absolute atomic E-state index is 0.0970. The molecule has 0 saturated carbocycles. The molecule has 0 radical (unpaired) electrons. The van der Waals surface area contributed by atoms with Crippen molar-refractivity contribution in [2.75, 3.05) is 14.2 Å². The number of benzene rings is 1. The molecule has 3 rings (SSSR count). The van der Waals surface area contributed by atoms with Crippen molar-refractivity contribution in [1.29, 1.82) is 0 Å². The van der Waals surface area contributed by atoms with Gasteiger partial charge in [-0.15, -0.1) is 0 Å². The molecule has 2 aliphatic heterocycles. The van der Waals surface area contributed by atoms with Crippen LogP contribution < -0.4 is 0 Å². The van der Waals surface area contributed by atoms with Crippen molar-refractivity contribution < 1.29 is 19.1 Å². The van der Waals surface area contributed by atoms with Gasteiger partial charge in [-0.05, 0) is 32.0 Å². The van der Waals surface area contributed by atoms with Crippen LogP contribution in [0.4, 0.5) is 0 Å². The van der Waals surface area contributed by atoms with E-state index in [1.807, 2.05) is 13.1 Å². The summed E-state index contributed by atoms with van der Waals surface area (Å²) >= 11 is 0. The van der Waals surface area contributed by atoms with Crippen LogP contribution in [0.1, 0.15) is 29.6 Å². The highest BCUT2D eigenvalue weighted by Crippen LogP contribution is 2.40. The van der Waals surface area contributed by atoms with Gasteiger partial charge in [-0.25, -0.2) is 4.79 Å². The van der Waals surface area contributed by atoms with E-state index in [9.17, 15) is 9.59 Å². The van der Waals surface area contributed by atoms with Gasteiger partial charge in [0.2, 0.25) is 0 Å². The average molecular weight is 303 g/mol. The number of ether oxygens (including phenoxy) is 2. The summed E-state index contributed by atoms with van der Waals surface area (Å²) in [6.07, 6.45) is 2.26. The normalized spacial score (nSPS) is 30.8. The molecule has 1 aromatic rings. The third-order valence-electron chi connectivity index (χ3n) is 4.96. The number of hydrogen-bond acceptors (Lipinski definition) is 5. The van der Waals surface area contributed by atoms with Gasteiger partial charge >= 0.3 is 11.9 Å². The molecular weight excluding hydrogens is 282 g/mol. The monoisotopic (exact) mass is 303 g/mol. The summed E-state index contributed by atoms with van der Waals surface area (Å²) in [6.45, 7) is 0. The Labute approximate surface area is 130 Å². The van der Waals surface area contributed by atoms with E-state index < -0.39 is 12.0 Å². The van der Waals surface area contributed by atoms with Crippen LogP contribution in [0.25, 0.3) is 0 Å². The first-order chi connectivity index (χ1) is 10.6. The lowest BCUT2D eigenvalue weighted by Crippen LogP contribution is -2.53. The van der Waals surface area contributed by atoms with Crippen molar-refractivity contribution in [2.45, 2.75) is 37.5 Å². The minimum Gasteiger partial charge on any atom is -0.469 e. The second-order valence-corrected chi connectivity index (χ2v) is 6.06. The Kier molecular flexibility index (Phi) is 4.16. The number of rotatable bonds is 3. The van der Waals surface area contributed by atoms with E-state index in [0.29, 0.717) is 18.0 Å². The molecule has 0 N–H and O–H groups in total. The summed E-state index contributed by atoms with van der Waals surface area (Å²) in [4.78, 5) is 26.7. The van der Waals surface area contributed by atoms with E-state index in [4.69, 9.17) is 9.47 Å². The number of carbonyl (C=O) groups excluding carboxylic acids is 2. The molecule has 22 heavy (non-hydrogen) atoms. The number of hydrogen-bond donors (Lipinski definition) is 0. The van der Waals surface area contributed by atoms with Gasteiger partial charge < -0.3 is 9.47 Å². The maximum absolute atomic E-state index is 12.3. The molecule has 0 aromatic heterocycles. The van der Waals surface area contributed by atoms with Gasteiger partial charge in [0.05, 0.1) is 12.7 Å². The topological polar surface area (TPSA) is 55.8 Å². The number of piperidine rings is 1. The third kappa shape index (κ3) is 2.61. The lowest BCUT2D eigenvalue weighted by molar-refractivity contribution is -0.156. The lowest BCUT2D eigenvalue weighted by atomic mass is 9.87. The average Bonchev–Trinajstić information content (AvgIpc) is 2.78. The molecule has 118 valence electrons. The number of fused-ring (bicyclic) bond motifs is 2. The van der Waals surface area contributed by atoms with Gasteiger partial charge in [0.25, 0.3) is 0 Å². The first-order valence-electron chi connectivity index (χ1n) is 7.67. The Bertz CT molecular complexity index is 559. The fourth-order valence-electron chi connectivity index (χ4n) is 3.77. The van der Waals surface area contributed by atoms with Crippen LogP contribution >= 0.6 is 0 Å². The van der Waals surface area contributed by atoms with Crippen molar-refractivity contribution in [3.8, 4) is 0 Å². The van der Waals surface area contributed by atoms with Gasteiger partial charge in [-0.2, -0.15) is 0 Å². The summed E-state index contributed by atoms with van der Waals surface area (Å²) in [5.41, 5.74) is 0.511. The Morgan fingerprint density at radius 2 is 1.91 bits per heavy atom. The molecule has 4 atom stereocenters. The fraction of sp³-hybridized carbons (Fsp3) is 0.529. The number of methoxy groups -OCH3 is 1. The summed E-state index contributed by atoms with van der Waals surface area (Å²) in [5, 5.41) is 0. The Morgan fingerprint density at radius 1 is 1.18 bits per heavy atom. The molecule has 2 saturated heterocycles. The predicted octanol–water partition coefficient (Wildman–Crippen LogP) is 1.87. The van der Waals surface area contributed by atoms with Crippen LogP contribution in [0.2, 0.25) is 0 Å². The number of esters is 2. The molecule has 2 bridgehead atoms. The second-order valence-electron chi connectivity index (χ2n) is 6.06. The maximum atomic E-state index is 12.3. The van der Waals surface area contributed by atoms with E-state index in [-0.39, 0.29) is 18.0 Å². The number of carbonyl (C=O) groups is 2. The van der Waals surface area contributed by atoms with Crippen molar-refractivity contribution in [1.82, 2.24) is 4.90 Å². The molecule has 5 nitrogen and oxygen atoms in total. The standard InChI is InChI=1S/C17H21NO4/c1-18-12-8-9-13(18)15(17(20)21-2)14(10-12)22-16(19)11-6-4-3-5-7-11/h3-7,12-15H,8-10H2,1-2H3/t12?,13-,14+,15+/m1/s1. The number of nitrogens with zero attached hydrogens (tertiary/aromatic N) is 1. The zero-order chi connectivity index (χ0) is 15.7. The molecule has 0 aliphatic carbocycles. The van der Waals surface area contributed by atoms with E-state index in [0.717, 1.165) is 12.8 Å². The predicted molar refractivity (Wildman–Crippen MR) is 80.3 cm³/mol. The summed E-state index contributed by atoms with van der Waals surface area (Å²) in [6, 6.07) is 9.36. The SMILES string of the molecule is COC(=O)[C@@H]1[C@@H](OC(=O)c2ccccc2)CC2CC[C@H]1N2C. The van der Waals surface area contributed by atoms with Gasteiger partial charge in [0.1, 0.15) is 12.0 Å². The molecule has 0 spiro atoms. The van der Waals surface area contributed by atoms with Crippen LogP contribution in [0, 0.1) is 5.92 Å². The van der Waals surface area contributed by atoms with Gasteiger partial charge in [0.15, 0.2) is 0 Å². The molecule has 2 heterocycles. The van der Waals surface area contributed by atoms with Gasteiger partial charge in [-0.3, -0.25) is 9.69 Å². The first kappa shape index (κ1) is 15.0. The van der Waals surface area contributed by atoms with Crippen LogP contribution in [0.15, 0.2) is 30.3 Å². The van der Waals surface area contributed by atoms with Crippen molar-refractivity contribution in [2.24, 2.45) is 5.92 Å². The zero-order valence-corrected chi connectivity index (χ0v) is 12.9. The van der Waals surface area contributed by atoms with E-state index in [2.05, 4.69) is 4.90 Å². The molecule has 1 aromatic carbocycles. The van der Waals surface area contributed by atoms with Crippen LogP contribution in [0.3, 0.4) is 0 Å². The highest BCUT2D eigenvalue weighted by atomic mass is 16.6. The summed E-state index contributed by atoms with van der Waals surface area (Å²) in [7, 11) is 3.42. The van der Waals surface area contributed by atoms with Crippen LogP contribution in [-0.2, 0) is 14.3 Å². The zero-order valence-electron chi connectivity index (χ0n) is 12.9. The molecule has 5 heteroatoms. The third-order valence-corrected chi connectivity index (χ3v) is 4.96. The van der Waals surface area contributed by atoms with Crippen LogP contribution in [0.5, 0.6) is 0 Å².